The van der Waals surface area contributed by atoms with Gasteiger partial charge < -0.3 is 9.31 Å². The Labute approximate surface area is 113 Å². The zero-order chi connectivity index (χ0) is 13.7. The van der Waals surface area contributed by atoms with Crippen LogP contribution < -0.4 is 5.59 Å². The van der Waals surface area contributed by atoms with E-state index in [-0.39, 0.29) is 11.2 Å². The van der Waals surface area contributed by atoms with Gasteiger partial charge >= 0.3 is 7.12 Å². The second kappa shape index (κ2) is 4.02. The van der Waals surface area contributed by atoms with Crippen LogP contribution in [0.2, 0.25) is 0 Å². The maximum absolute atomic E-state index is 6.05. The van der Waals surface area contributed by atoms with Crippen molar-refractivity contribution in [3.05, 3.63) is 30.6 Å². The number of nitrogens with zero attached hydrogens (tertiary/aromatic N) is 2. The van der Waals surface area contributed by atoms with Crippen LogP contribution >= 0.6 is 0 Å². The van der Waals surface area contributed by atoms with E-state index in [9.17, 15) is 0 Å². The van der Waals surface area contributed by atoms with E-state index in [4.69, 9.17) is 9.31 Å². The summed E-state index contributed by atoms with van der Waals surface area (Å²) in [5.74, 6) is 0. The lowest BCUT2D eigenvalue weighted by molar-refractivity contribution is 0.00578. The van der Waals surface area contributed by atoms with Crippen LogP contribution in [0.5, 0.6) is 0 Å². The molecule has 2 aromatic rings. The van der Waals surface area contributed by atoms with E-state index in [0.717, 1.165) is 16.5 Å². The minimum Gasteiger partial charge on any atom is -0.398 e. The number of rotatable bonds is 1. The first-order chi connectivity index (χ1) is 8.91. The highest BCUT2D eigenvalue weighted by atomic mass is 16.7. The third-order valence-corrected chi connectivity index (χ3v) is 4.04. The highest BCUT2D eigenvalue weighted by Crippen LogP contribution is 2.36. The van der Waals surface area contributed by atoms with Crippen molar-refractivity contribution in [3.63, 3.8) is 0 Å². The van der Waals surface area contributed by atoms with E-state index in [1.807, 2.05) is 45.9 Å². The molecule has 0 saturated carbocycles. The van der Waals surface area contributed by atoms with Crippen molar-refractivity contribution in [2.75, 3.05) is 0 Å². The number of hydrogen-bond donors (Lipinski definition) is 0. The fourth-order valence-electron chi connectivity index (χ4n) is 2.17. The molecule has 0 aromatic carbocycles. The average Bonchev–Trinajstić information content (AvgIpc) is 2.58. The van der Waals surface area contributed by atoms with Gasteiger partial charge in [-0.25, -0.2) is 0 Å². The largest absolute Gasteiger partial charge is 0.515 e. The molecular formula is C14H17BN2O2. The monoisotopic (exact) mass is 256 g/mol. The molecule has 3 heterocycles. The molecule has 98 valence electrons. The zero-order valence-corrected chi connectivity index (χ0v) is 11.7. The standard InChI is InChI=1S/C14H17BN2O2/c1-13(2)14(3,4)19-15(18-13)12-10-6-5-8-16-11(10)7-9-17-12/h5-9H,1-4H3. The van der Waals surface area contributed by atoms with Crippen molar-refractivity contribution in [2.45, 2.75) is 38.9 Å². The van der Waals surface area contributed by atoms with Gasteiger partial charge in [-0.2, -0.15) is 0 Å². The van der Waals surface area contributed by atoms with Gasteiger partial charge in [-0.1, -0.05) is 6.07 Å². The van der Waals surface area contributed by atoms with Crippen LogP contribution in [0.3, 0.4) is 0 Å². The number of aromatic nitrogens is 2. The molecule has 0 amide bonds. The molecule has 0 unspecified atom stereocenters. The number of pyridine rings is 2. The second-order valence-electron chi connectivity index (χ2n) is 5.85. The predicted molar refractivity (Wildman–Crippen MR) is 75.3 cm³/mol. The molecule has 19 heavy (non-hydrogen) atoms. The summed E-state index contributed by atoms with van der Waals surface area (Å²) in [6.45, 7) is 8.15. The Morgan fingerprint density at radius 1 is 0.947 bits per heavy atom. The Hall–Kier alpha value is -1.46. The molecule has 1 aliphatic heterocycles. The molecule has 1 aliphatic rings. The fourth-order valence-corrected chi connectivity index (χ4v) is 2.17. The van der Waals surface area contributed by atoms with Crippen molar-refractivity contribution in [1.82, 2.24) is 9.97 Å². The van der Waals surface area contributed by atoms with Gasteiger partial charge in [-0.15, -0.1) is 0 Å². The topological polar surface area (TPSA) is 44.2 Å². The van der Waals surface area contributed by atoms with Gasteiger partial charge in [0.2, 0.25) is 0 Å². The molecule has 0 atom stereocenters. The van der Waals surface area contributed by atoms with Crippen LogP contribution in [0, 0.1) is 0 Å². The lowest BCUT2D eigenvalue weighted by Crippen LogP contribution is -2.41. The molecule has 1 fully saturated rings. The minimum absolute atomic E-state index is 0.357. The van der Waals surface area contributed by atoms with E-state index in [2.05, 4.69) is 9.97 Å². The first kappa shape index (κ1) is 12.6. The summed E-state index contributed by atoms with van der Waals surface area (Å²) in [6, 6.07) is 5.79. The Morgan fingerprint density at radius 3 is 2.32 bits per heavy atom. The van der Waals surface area contributed by atoms with Gasteiger partial charge in [0.25, 0.3) is 0 Å². The van der Waals surface area contributed by atoms with E-state index < -0.39 is 7.12 Å². The molecule has 0 N–H and O–H groups in total. The lowest BCUT2D eigenvalue weighted by atomic mass is 9.81. The van der Waals surface area contributed by atoms with Gasteiger partial charge in [-0.05, 0) is 39.8 Å². The summed E-state index contributed by atoms with van der Waals surface area (Å²) in [6.07, 6.45) is 3.52. The molecule has 0 spiro atoms. The van der Waals surface area contributed by atoms with E-state index in [1.165, 1.54) is 0 Å². The third kappa shape index (κ3) is 1.93. The normalized spacial score (nSPS) is 20.9. The van der Waals surface area contributed by atoms with Crippen LogP contribution in [0.25, 0.3) is 10.9 Å². The molecule has 0 aliphatic carbocycles. The summed E-state index contributed by atoms with van der Waals surface area (Å²) in [5, 5.41) is 0.975. The summed E-state index contributed by atoms with van der Waals surface area (Å²) in [4.78, 5) is 8.76. The zero-order valence-electron chi connectivity index (χ0n) is 11.7. The van der Waals surface area contributed by atoms with Gasteiger partial charge in [0.05, 0.1) is 22.3 Å². The van der Waals surface area contributed by atoms with Crippen LogP contribution in [-0.2, 0) is 9.31 Å². The van der Waals surface area contributed by atoms with E-state index >= 15 is 0 Å². The van der Waals surface area contributed by atoms with Crippen LogP contribution in [0.1, 0.15) is 27.7 Å². The molecular weight excluding hydrogens is 239 g/mol. The summed E-state index contributed by atoms with van der Waals surface area (Å²) in [7, 11) is -0.446. The van der Waals surface area contributed by atoms with Crippen LogP contribution in [0.4, 0.5) is 0 Å². The summed E-state index contributed by atoms with van der Waals surface area (Å²) >= 11 is 0. The van der Waals surface area contributed by atoms with Gasteiger partial charge in [0, 0.05) is 17.8 Å². The van der Waals surface area contributed by atoms with E-state index in [0.29, 0.717) is 0 Å². The Balaban J connectivity index is 2.08. The van der Waals surface area contributed by atoms with Crippen molar-refractivity contribution < 1.29 is 9.31 Å². The highest BCUT2D eigenvalue weighted by Gasteiger charge is 2.52. The Morgan fingerprint density at radius 2 is 1.63 bits per heavy atom. The summed E-state index contributed by atoms with van der Waals surface area (Å²) < 4.78 is 12.1. The molecule has 3 rings (SSSR count). The maximum Gasteiger partial charge on any atom is 0.515 e. The third-order valence-electron chi connectivity index (χ3n) is 4.04. The van der Waals surface area contributed by atoms with Crippen molar-refractivity contribution >= 4 is 23.6 Å². The maximum atomic E-state index is 6.05. The quantitative estimate of drug-likeness (QED) is 0.731. The first-order valence-corrected chi connectivity index (χ1v) is 6.46. The smallest absolute Gasteiger partial charge is 0.398 e. The lowest BCUT2D eigenvalue weighted by Gasteiger charge is -2.32. The summed E-state index contributed by atoms with van der Waals surface area (Å²) in [5.41, 5.74) is 0.986. The molecule has 4 nitrogen and oxygen atoms in total. The van der Waals surface area contributed by atoms with Crippen molar-refractivity contribution in [2.24, 2.45) is 0 Å². The number of hydrogen-bond acceptors (Lipinski definition) is 4. The van der Waals surface area contributed by atoms with Crippen molar-refractivity contribution in [3.8, 4) is 0 Å². The van der Waals surface area contributed by atoms with Gasteiger partial charge in [-0.3, -0.25) is 9.97 Å². The molecule has 2 aromatic heterocycles. The average molecular weight is 256 g/mol. The second-order valence-corrected chi connectivity index (χ2v) is 5.85. The SMILES string of the molecule is CC1(C)OB(c2nccc3ncccc23)OC1(C)C. The molecule has 0 bridgehead atoms. The van der Waals surface area contributed by atoms with Crippen LogP contribution in [0.15, 0.2) is 30.6 Å². The molecule has 1 saturated heterocycles. The van der Waals surface area contributed by atoms with Crippen molar-refractivity contribution in [1.29, 1.82) is 0 Å². The molecule has 0 radical (unpaired) electrons. The minimum atomic E-state index is -0.446. The fraction of sp³-hybridized carbons (Fsp3) is 0.429. The number of fused-ring (bicyclic) bond motifs is 1. The van der Waals surface area contributed by atoms with Gasteiger partial charge in [0.15, 0.2) is 0 Å². The molecule has 5 heteroatoms. The predicted octanol–water partition coefficient (Wildman–Crippen LogP) is 1.93. The van der Waals surface area contributed by atoms with Crippen LogP contribution in [-0.4, -0.2) is 28.3 Å². The Kier molecular flexibility index (Phi) is 2.66. The Bertz CT molecular complexity index is 606. The first-order valence-electron chi connectivity index (χ1n) is 6.46. The van der Waals surface area contributed by atoms with E-state index in [1.54, 1.807) is 12.4 Å². The highest BCUT2D eigenvalue weighted by molar-refractivity contribution is 6.64. The van der Waals surface area contributed by atoms with Gasteiger partial charge in [0.1, 0.15) is 0 Å².